The molecule has 170 valence electrons. The maximum Gasteiger partial charge on any atom is 0.311 e. The average molecular weight is 458 g/mol. The number of benzene rings is 2. The lowest BCUT2D eigenvalue weighted by atomic mass is 10.1. The van der Waals surface area contributed by atoms with Crippen molar-refractivity contribution < 1.29 is 23.5 Å². The Hall–Kier alpha value is -2.70. The van der Waals surface area contributed by atoms with Gasteiger partial charge in [0, 0.05) is 37.0 Å². The maximum atomic E-state index is 13.4. The molecule has 0 aromatic heterocycles. The number of carbonyl (C=O) groups excluding carboxylic acids is 1. The smallest absolute Gasteiger partial charge is 0.311 e. The minimum atomic E-state index is -2.72. The third-order valence-electron chi connectivity index (χ3n) is 5.80. The van der Waals surface area contributed by atoms with Gasteiger partial charge in [0.2, 0.25) is 13.1 Å². The molecule has 0 saturated heterocycles. The zero-order valence-electron chi connectivity index (χ0n) is 18.4. The normalized spacial score (nSPS) is 17.0. The Morgan fingerprint density at radius 3 is 2.34 bits per heavy atom. The van der Waals surface area contributed by atoms with Crippen LogP contribution in [0.3, 0.4) is 0 Å². The zero-order valence-corrected chi connectivity index (χ0v) is 19.3. The molecule has 0 heterocycles. The third-order valence-corrected chi connectivity index (χ3v) is 9.51. The highest BCUT2D eigenvalue weighted by molar-refractivity contribution is 7.61. The fourth-order valence-corrected chi connectivity index (χ4v) is 7.04. The van der Waals surface area contributed by atoms with Crippen LogP contribution in [0.15, 0.2) is 42.5 Å². The van der Waals surface area contributed by atoms with Crippen molar-refractivity contribution in [2.45, 2.75) is 50.0 Å². The molecule has 4 rings (SSSR count). The summed E-state index contributed by atoms with van der Waals surface area (Å²) < 4.78 is 25.4. The van der Waals surface area contributed by atoms with E-state index in [0.29, 0.717) is 16.9 Å². The standard InChI is InChI=1S/C23H27N2O6P/c1-15(31-32(29,19-8-9-19)20-10-11-20)16-7-12-21(25(27)28)22(14-16)30-18-6-4-5-17(13-18)23(26)24(2)3/h4-7,12-15,19-20H,8-11H2,1-3H3. The number of ether oxygens (including phenoxy) is 1. The van der Waals surface area contributed by atoms with E-state index in [1.54, 1.807) is 50.5 Å². The van der Waals surface area contributed by atoms with Crippen molar-refractivity contribution in [3.63, 3.8) is 0 Å². The number of nitrogens with zero attached hydrogens (tertiary/aromatic N) is 2. The van der Waals surface area contributed by atoms with E-state index in [9.17, 15) is 19.5 Å². The van der Waals surface area contributed by atoms with E-state index in [1.165, 1.54) is 11.0 Å². The Labute approximate surface area is 187 Å². The lowest BCUT2D eigenvalue weighted by Gasteiger charge is -2.23. The van der Waals surface area contributed by atoms with Crippen molar-refractivity contribution in [3.05, 3.63) is 63.7 Å². The molecule has 1 amide bonds. The predicted molar refractivity (Wildman–Crippen MR) is 121 cm³/mol. The molecule has 0 N–H and O–H groups in total. The molecular formula is C23H27N2O6P. The Kier molecular flexibility index (Phi) is 6.10. The third kappa shape index (κ3) is 4.71. The predicted octanol–water partition coefficient (Wildman–Crippen LogP) is 5.77. The Balaban J connectivity index is 1.60. The van der Waals surface area contributed by atoms with Gasteiger partial charge in [-0.3, -0.25) is 19.5 Å². The van der Waals surface area contributed by atoms with Crippen LogP contribution >= 0.6 is 7.37 Å². The quantitative estimate of drug-likeness (QED) is 0.269. The van der Waals surface area contributed by atoms with Gasteiger partial charge in [0.05, 0.1) is 11.0 Å². The topological polar surface area (TPSA) is 99.0 Å². The van der Waals surface area contributed by atoms with Crippen molar-refractivity contribution in [3.8, 4) is 11.5 Å². The highest BCUT2D eigenvalue weighted by atomic mass is 31.2. The first-order chi connectivity index (χ1) is 15.2. The van der Waals surface area contributed by atoms with Crippen molar-refractivity contribution in [2.75, 3.05) is 14.1 Å². The summed E-state index contributed by atoms with van der Waals surface area (Å²) in [4.78, 5) is 24.7. The van der Waals surface area contributed by atoms with Crippen LogP contribution in [-0.4, -0.2) is 41.1 Å². The van der Waals surface area contributed by atoms with Gasteiger partial charge in [0.25, 0.3) is 5.91 Å². The van der Waals surface area contributed by atoms with E-state index in [4.69, 9.17) is 9.26 Å². The van der Waals surface area contributed by atoms with Crippen LogP contribution in [0, 0.1) is 10.1 Å². The largest absolute Gasteiger partial charge is 0.450 e. The fourth-order valence-electron chi connectivity index (χ4n) is 3.74. The molecule has 1 unspecified atom stereocenters. The molecule has 32 heavy (non-hydrogen) atoms. The van der Waals surface area contributed by atoms with Gasteiger partial charge in [-0.1, -0.05) is 6.07 Å². The van der Waals surface area contributed by atoms with Crippen LogP contribution in [0.2, 0.25) is 0 Å². The summed E-state index contributed by atoms with van der Waals surface area (Å²) in [6.45, 7) is 1.82. The second-order valence-corrected chi connectivity index (χ2v) is 11.6. The summed E-state index contributed by atoms with van der Waals surface area (Å²) in [6.07, 6.45) is 3.29. The SMILES string of the molecule is CC(OP(=O)(C1CC1)C1CC1)c1ccc([N+](=O)[O-])c(Oc2cccc(C(=O)N(C)C)c2)c1. The van der Waals surface area contributed by atoms with E-state index in [1.807, 2.05) is 6.92 Å². The highest BCUT2D eigenvalue weighted by Crippen LogP contribution is 2.72. The molecule has 1 atom stereocenters. The van der Waals surface area contributed by atoms with Gasteiger partial charge in [-0.15, -0.1) is 0 Å². The molecule has 8 nitrogen and oxygen atoms in total. The molecule has 2 aliphatic rings. The lowest BCUT2D eigenvalue weighted by molar-refractivity contribution is -0.385. The van der Waals surface area contributed by atoms with E-state index >= 15 is 0 Å². The van der Waals surface area contributed by atoms with Gasteiger partial charge in [0.1, 0.15) is 5.75 Å². The number of amides is 1. The molecule has 0 bridgehead atoms. The number of rotatable bonds is 9. The summed E-state index contributed by atoms with van der Waals surface area (Å²) in [5.41, 5.74) is 1.19. The van der Waals surface area contributed by atoms with Crippen LogP contribution in [0.1, 0.15) is 54.6 Å². The van der Waals surface area contributed by atoms with Crippen LogP contribution in [0.5, 0.6) is 11.5 Å². The molecule has 2 aliphatic carbocycles. The van der Waals surface area contributed by atoms with Gasteiger partial charge in [-0.25, -0.2) is 0 Å². The molecule has 2 fully saturated rings. The number of carbonyl (C=O) groups is 1. The first kappa shape index (κ1) is 22.5. The maximum absolute atomic E-state index is 13.4. The molecule has 0 spiro atoms. The van der Waals surface area contributed by atoms with Crippen LogP contribution < -0.4 is 4.74 Å². The van der Waals surface area contributed by atoms with Gasteiger partial charge >= 0.3 is 5.69 Å². The van der Waals surface area contributed by atoms with E-state index in [0.717, 1.165) is 25.7 Å². The van der Waals surface area contributed by atoms with E-state index in [-0.39, 0.29) is 28.7 Å². The minimum absolute atomic E-state index is 0.0464. The van der Waals surface area contributed by atoms with Crippen molar-refractivity contribution >= 4 is 19.0 Å². The fraction of sp³-hybridized carbons (Fsp3) is 0.435. The summed E-state index contributed by atoms with van der Waals surface area (Å²) >= 11 is 0. The lowest BCUT2D eigenvalue weighted by Crippen LogP contribution is -2.21. The first-order valence-corrected chi connectivity index (χ1v) is 12.5. The van der Waals surface area contributed by atoms with Gasteiger partial charge in [-0.2, -0.15) is 0 Å². The van der Waals surface area contributed by atoms with Crippen molar-refractivity contribution in [2.24, 2.45) is 0 Å². The molecule has 2 aromatic rings. The second-order valence-electron chi connectivity index (χ2n) is 8.67. The molecule has 2 aromatic carbocycles. The molecule has 2 saturated carbocycles. The number of hydrogen-bond donors (Lipinski definition) is 0. The van der Waals surface area contributed by atoms with Gasteiger partial charge < -0.3 is 14.2 Å². The van der Waals surface area contributed by atoms with E-state index < -0.39 is 18.4 Å². The Morgan fingerprint density at radius 1 is 1.12 bits per heavy atom. The average Bonchev–Trinajstić information content (AvgIpc) is 3.65. The first-order valence-electron chi connectivity index (χ1n) is 10.7. The van der Waals surface area contributed by atoms with Crippen molar-refractivity contribution in [1.82, 2.24) is 4.90 Å². The summed E-state index contributed by atoms with van der Waals surface area (Å²) in [5.74, 6) is 0.162. The van der Waals surface area contributed by atoms with Gasteiger partial charge in [0.15, 0.2) is 0 Å². The van der Waals surface area contributed by atoms with Gasteiger partial charge in [-0.05, 0) is 68.5 Å². The second kappa shape index (κ2) is 8.68. The zero-order chi connectivity index (χ0) is 23.0. The summed E-state index contributed by atoms with van der Waals surface area (Å²) in [7, 11) is 0.574. The summed E-state index contributed by atoms with van der Waals surface area (Å²) in [6, 6.07) is 11.1. The molecule has 9 heteroatoms. The minimum Gasteiger partial charge on any atom is -0.450 e. The molecule has 0 aliphatic heterocycles. The Morgan fingerprint density at radius 2 is 1.78 bits per heavy atom. The van der Waals surface area contributed by atoms with Crippen molar-refractivity contribution in [1.29, 1.82) is 0 Å². The van der Waals surface area contributed by atoms with Crippen LogP contribution in [0.4, 0.5) is 5.69 Å². The van der Waals surface area contributed by atoms with E-state index in [2.05, 4.69) is 0 Å². The number of nitro benzene ring substituents is 1. The monoisotopic (exact) mass is 458 g/mol. The number of nitro groups is 1. The summed E-state index contributed by atoms with van der Waals surface area (Å²) in [5, 5.41) is 11.6. The molecular weight excluding hydrogens is 431 g/mol. The highest BCUT2D eigenvalue weighted by Gasteiger charge is 2.52. The molecule has 0 radical (unpaired) electrons. The Bertz CT molecular complexity index is 1080. The number of hydrogen-bond acceptors (Lipinski definition) is 6. The van der Waals surface area contributed by atoms with Crippen LogP contribution in [0.25, 0.3) is 0 Å². The van der Waals surface area contributed by atoms with Crippen LogP contribution in [-0.2, 0) is 9.09 Å².